The van der Waals surface area contributed by atoms with Crippen LogP contribution in [-0.2, 0) is 4.74 Å². The van der Waals surface area contributed by atoms with Crippen LogP contribution in [0.15, 0.2) is 0 Å². The molecule has 0 aromatic heterocycles. The maximum absolute atomic E-state index is 12.3. The molecule has 0 radical (unpaired) electrons. The van der Waals surface area contributed by atoms with E-state index in [1.807, 2.05) is 0 Å². The number of hydrogen-bond acceptors (Lipinski definition) is 1. The molecule has 1 aliphatic rings. The van der Waals surface area contributed by atoms with E-state index < -0.39 is 6.17 Å². The maximum Gasteiger partial charge on any atom is 0.101 e. The lowest BCUT2D eigenvalue weighted by Crippen LogP contribution is -2.29. The van der Waals surface area contributed by atoms with Crippen LogP contribution in [-0.4, -0.2) is 18.9 Å². The van der Waals surface area contributed by atoms with Gasteiger partial charge in [-0.05, 0) is 32.1 Å². The standard InChI is InChI=1S/C9H17FO/c1-3-7(2)11-6-8-4-9(10)5-8/h7-9H,3-6H2,1-2H3. The van der Waals surface area contributed by atoms with E-state index in [1.54, 1.807) is 0 Å². The van der Waals surface area contributed by atoms with Crippen LogP contribution in [0.2, 0.25) is 0 Å². The summed E-state index contributed by atoms with van der Waals surface area (Å²) in [4.78, 5) is 0. The average molecular weight is 160 g/mol. The zero-order chi connectivity index (χ0) is 8.27. The van der Waals surface area contributed by atoms with Crippen LogP contribution in [0, 0.1) is 5.92 Å². The molecule has 11 heavy (non-hydrogen) atoms. The van der Waals surface area contributed by atoms with Crippen LogP contribution in [0.4, 0.5) is 4.39 Å². The minimum Gasteiger partial charge on any atom is -0.378 e. The van der Waals surface area contributed by atoms with Crippen LogP contribution < -0.4 is 0 Å². The molecule has 1 atom stereocenters. The molecule has 0 heterocycles. The predicted octanol–water partition coefficient (Wildman–Crippen LogP) is 2.55. The first-order chi connectivity index (χ1) is 5.22. The SMILES string of the molecule is CCC(C)OCC1CC(F)C1. The Kier molecular flexibility index (Phi) is 3.31. The molecule has 66 valence electrons. The maximum atomic E-state index is 12.3. The van der Waals surface area contributed by atoms with E-state index in [1.165, 1.54) is 0 Å². The number of halogens is 1. The second-order valence-electron chi connectivity index (χ2n) is 3.49. The third kappa shape index (κ3) is 2.78. The largest absolute Gasteiger partial charge is 0.378 e. The van der Waals surface area contributed by atoms with E-state index in [0.29, 0.717) is 12.0 Å². The first-order valence-electron chi connectivity index (χ1n) is 4.48. The summed E-state index contributed by atoms with van der Waals surface area (Å²) in [6.45, 7) is 4.92. The highest BCUT2D eigenvalue weighted by Gasteiger charge is 2.28. The van der Waals surface area contributed by atoms with Gasteiger partial charge in [-0.15, -0.1) is 0 Å². The highest BCUT2D eigenvalue weighted by molar-refractivity contribution is 4.78. The molecular formula is C9H17FO. The van der Waals surface area contributed by atoms with Crippen LogP contribution >= 0.6 is 0 Å². The van der Waals surface area contributed by atoms with Crippen molar-refractivity contribution in [2.24, 2.45) is 5.92 Å². The first-order valence-corrected chi connectivity index (χ1v) is 4.48. The molecule has 2 heteroatoms. The van der Waals surface area contributed by atoms with Crippen molar-refractivity contribution in [1.82, 2.24) is 0 Å². The van der Waals surface area contributed by atoms with E-state index in [4.69, 9.17) is 4.74 Å². The monoisotopic (exact) mass is 160 g/mol. The summed E-state index contributed by atoms with van der Waals surface area (Å²) in [5.74, 6) is 0.499. The fraction of sp³-hybridized carbons (Fsp3) is 1.00. The number of ether oxygens (including phenoxy) is 1. The van der Waals surface area contributed by atoms with E-state index in [0.717, 1.165) is 25.9 Å². The van der Waals surface area contributed by atoms with Crippen molar-refractivity contribution in [2.45, 2.75) is 45.4 Å². The molecule has 0 saturated heterocycles. The predicted molar refractivity (Wildman–Crippen MR) is 43.3 cm³/mol. The molecule has 0 aliphatic heterocycles. The molecule has 0 aromatic rings. The molecule has 1 rings (SSSR count). The second-order valence-corrected chi connectivity index (χ2v) is 3.49. The zero-order valence-corrected chi connectivity index (χ0v) is 7.35. The molecule has 0 amide bonds. The molecule has 1 nitrogen and oxygen atoms in total. The van der Waals surface area contributed by atoms with E-state index >= 15 is 0 Å². The van der Waals surface area contributed by atoms with Gasteiger partial charge < -0.3 is 4.74 Å². The first kappa shape index (κ1) is 8.98. The lowest BCUT2D eigenvalue weighted by Gasteiger charge is -2.30. The van der Waals surface area contributed by atoms with Crippen LogP contribution in [0.5, 0.6) is 0 Å². The topological polar surface area (TPSA) is 9.23 Å². The third-order valence-corrected chi connectivity index (χ3v) is 2.37. The lowest BCUT2D eigenvalue weighted by atomic mass is 9.84. The number of rotatable bonds is 4. The average Bonchev–Trinajstić information content (AvgIpc) is 1.95. The van der Waals surface area contributed by atoms with Gasteiger partial charge in [0.15, 0.2) is 0 Å². The summed E-state index contributed by atoms with van der Waals surface area (Å²) < 4.78 is 17.8. The van der Waals surface area contributed by atoms with Crippen molar-refractivity contribution in [2.75, 3.05) is 6.61 Å². The van der Waals surface area contributed by atoms with Gasteiger partial charge in [-0.1, -0.05) is 6.92 Å². The summed E-state index contributed by atoms with van der Waals surface area (Å²) in [5, 5.41) is 0. The van der Waals surface area contributed by atoms with Crippen LogP contribution in [0.3, 0.4) is 0 Å². The summed E-state index contributed by atoms with van der Waals surface area (Å²) in [6.07, 6.45) is 2.28. The molecule has 0 spiro atoms. The van der Waals surface area contributed by atoms with Gasteiger partial charge in [-0.2, -0.15) is 0 Å². The minimum atomic E-state index is -0.541. The number of hydrogen-bond donors (Lipinski definition) is 0. The fourth-order valence-electron chi connectivity index (χ4n) is 1.21. The molecule has 0 aromatic carbocycles. The van der Waals surface area contributed by atoms with E-state index in [9.17, 15) is 4.39 Å². The van der Waals surface area contributed by atoms with Crippen molar-refractivity contribution in [1.29, 1.82) is 0 Å². The Morgan fingerprint density at radius 3 is 2.64 bits per heavy atom. The van der Waals surface area contributed by atoms with Gasteiger partial charge in [0, 0.05) is 6.61 Å². The van der Waals surface area contributed by atoms with Gasteiger partial charge in [0.1, 0.15) is 6.17 Å². The zero-order valence-electron chi connectivity index (χ0n) is 7.35. The van der Waals surface area contributed by atoms with Crippen LogP contribution in [0.25, 0.3) is 0 Å². The van der Waals surface area contributed by atoms with Gasteiger partial charge in [-0.25, -0.2) is 4.39 Å². The Balaban J connectivity index is 1.96. The van der Waals surface area contributed by atoms with E-state index in [2.05, 4.69) is 13.8 Å². The van der Waals surface area contributed by atoms with Gasteiger partial charge in [0.2, 0.25) is 0 Å². The van der Waals surface area contributed by atoms with Crippen molar-refractivity contribution < 1.29 is 9.13 Å². The summed E-state index contributed by atoms with van der Waals surface area (Å²) in [5.41, 5.74) is 0. The highest BCUT2D eigenvalue weighted by atomic mass is 19.1. The van der Waals surface area contributed by atoms with Gasteiger partial charge in [-0.3, -0.25) is 0 Å². The molecule has 1 saturated carbocycles. The second kappa shape index (κ2) is 4.05. The minimum absolute atomic E-state index is 0.341. The molecule has 0 bridgehead atoms. The van der Waals surface area contributed by atoms with Crippen molar-refractivity contribution in [3.05, 3.63) is 0 Å². The van der Waals surface area contributed by atoms with Crippen LogP contribution in [0.1, 0.15) is 33.1 Å². The fourth-order valence-corrected chi connectivity index (χ4v) is 1.21. The van der Waals surface area contributed by atoms with Gasteiger partial charge >= 0.3 is 0 Å². The Bertz CT molecular complexity index is 110. The molecular weight excluding hydrogens is 143 g/mol. The summed E-state index contributed by atoms with van der Waals surface area (Å²) >= 11 is 0. The highest BCUT2D eigenvalue weighted by Crippen LogP contribution is 2.30. The Labute approximate surface area is 67.9 Å². The Morgan fingerprint density at radius 2 is 2.18 bits per heavy atom. The van der Waals surface area contributed by atoms with Crippen molar-refractivity contribution in [3.8, 4) is 0 Å². The third-order valence-electron chi connectivity index (χ3n) is 2.37. The summed E-state index contributed by atoms with van der Waals surface area (Å²) in [7, 11) is 0. The Hall–Kier alpha value is -0.110. The number of alkyl halides is 1. The normalized spacial score (nSPS) is 33.0. The Morgan fingerprint density at radius 1 is 1.55 bits per heavy atom. The van der Waals surface area contributed by atoms with Crippen molar-refractivity contribution in [3.63, 3.8) is 0 Å². The van der Waals surface area contributed by atoms with Crippen molar-refractivity contribution >= 4 is 0 Å². The van der Waals surface area contributed by atoms with Gasteiger partial charge in [0.05, 0.1) is 6.10 Å². The quantitative estimate of drug-likeness (QED) is 0.614. The van der Waals surface area contributed by atoms with E-state index in [-0.39, 0.29) is 0 Å². The molecule has 1 unspecified atom stereocenters. The molecule has 1 fully saturated rings. The smallest absolute Gasteiger partial charge is 0.101 e. The van der Waals surface area contributed by atoms with Gasteiger partial charge in [0.25, 0.3) is 0 Å². The lowest BCUT2D eigenvalue weighted by molar-refractivity contribution is -0.00655. The molecule has 0 N–H and O–H groups in total. The summed E-state index contributed by atoms with van der Waals surface area (Å²) in [6, 6.07) is 0. The molecule has 1 aliphatic carbocycles.